The van der Waals surface area contributed by atoms with Crippen LogP contribution in [-0.2, 0) is 10.4 Å². The molecular weight excluding hydrogens is 549 g/mol. The van der Waals surface area contributed by atoms with Crippen molar-refractivity contribution in [3.63, 3.8) is 0 Å². The summed E-state index contributed by atoms with van der Waals surface area (Å²) in [7, 11) is 4.60. The zero-order valence-electron chi connectivity index (χ0n) is 22.8. The first-order valence-corrected chi connectivity index (χ1v) is 13.6. The fraction of sp³-hybridized carbons (Fsp3) is 0.517. The Kier molecular flexibility index (Phi) is 8.61. The highest BCUT2D eigenvalue weighted by Crippen LogP contribution is 2.47. The van der Waals surface area contributed by atoms with Gasteiger partial charge in [0.2, 0.25) is 0 Å². The van der Waals surface area contributed by atoms with Crippen molar-refractivity contribution in [1.82, 2.24) is 9.80 Å². The maximum Gasteiger partial charge on any atom is 0.430 e. The molecule has 1 unspecified atom stereocenters. The lowest BCUT2D eigenvalue weighted by Crippen LogP contribution is -2.58. The van der Waals surface area contributed by atoms with Gasteiger partial charge in [-0.3, -0.25) is 9.59 Å². The molecule has 1 aliphatic carbocycles. The van der Waals surface area contributed by atoms with Crippen molar-refractivity contribution in [2.45, 2.75) is 56.4 Å². The SMILES string of the molecule is COc1cccc(C(O)(C(=O)N2CCC3(CCC(Oc4ccc(C(=O)N(C)C)c(Cl)c4)CC3)CC2)C(F)(F)F)c1. The van der Waals surface area contributed by atoms with Gasteiger partial charge >= 0.3 is 6.18 Å². The number of likely N-dealkylation sites (tertiary alicyclic amines) is 1. The molecule has 40 heavy (non-hydrogen) atoms. The van der Waals surface area contributed by atoms with E-state index in [0.29, 0.717) is 29.2 Å². The van der Waals surface area contributed by atoms with Crippen molar-refractivity contribution in [3.05, 3.63) is 58.6 Å². The fourth-order valence-corrected chi connectivity index (χ4v) is 5.92. The molecule has 218 valence electrons. The van der Waals surface area contributed by atoms with Gasteiger partial charge < -0.3 is 24.4 Å². The Hall–Kier alpha value is -2.98. The highest BCUT2D eigenvalue weighted by atomic mass is 35.5. The minimum atomic E-state index is -5.21. The Labute approximate surface area is 236 Å². The van der Waals surface area contributed by atoms with Gasteiger partial charge in [0.15, 0.2) is 0 Å². The lowest BCUT2D eigenvalue weighted by molar-refractivity contribution is -0.262. The lowest BCUT2D eigenvalue weighted by atomic mass is 9.67. The van der Waals surface area contributed by atoms with Crippen molar-refractivity contribution in [3.8, 4) is 11.5 Å². The minimum Gasteiger partial charge on any atom is -0.497 e. The van der Waals surface area contributed by atoms with E-state index in [0.717, 1.165) is 42.7 Å². The van der Waals surface area contributed by atoms with E-state index in [2.05, 4.69) is 0 Å². The highest BCUT2D eigenvalue weighted by molar-refractivity contribution is 6.34. The number of piperidine rings is 1. The zero-order valence-corrected chi connectivity index (χ0v) is 23.5. The molecule has 7 nitrogen and oxygen atoms in total. The number of nitrogens with zero attached hydrogens (tertiary/aromatic N) is 2. The summed E-state index contributed by atoms with van der Waals surface area (Å²) in [6.45, 7) is 0.257. The van der Waals surface area contributed by atoms with Crippen LogP contribution in [0.1, 0.15) is 54.4 Å². The molecule has 0 aromatic heterocycles. The summed E-state index contributed by atoms with van der Waals surface area (Å²) in [6.07, 6.45) is -1.05. The van der Waals surface area contributed by atoms with Crippen molar-refractivity contribution >= 4 is 23.4 Å². The Morgan fingerprint density at radius 2 is 1.68 bits per heavy atom. The largest absolute Gasteiger partial charge is 0.497 e. The van der Waals surface area contributed by atoms with Gasteiger partial charge in [0.1, 0.15) is 11.5 Å². The van der Waals surface area contributed by atoms with E-state index >= 15 is 0 Å². The van der Waals surface area contributed by atoms with Crippen LogP contribution < -0.4 is 9.47 Å². The number of carbonyl (C=O) groups excluding carboxylic acids is 2. The number of halogens is 4. The lowest BCUT2D eigenvalue weighted by Gasteiger charge is -2.47. The van der Waals surface area contributed by atoms with Gasteiger partial charge in [0.25, 0.3) is 17.4 Å². The molecule has 2 aromatic rings. The number of carbonyl (C=O) groups is 2. The van der Waals surface area contributed by atoms with Gasteiger partial charge in [0.05, 0.1) is 23.8 Å². The van der Waals surface area contributed by atoms with Gasteiger partial charge in [0, 0.05) is 32.7 Å². The van der Waals surface area contributed by atoms with E-state index in [9.17, 15) is 27.9 Å². The number of benzene rings is 2. The maximum atomic E-state index is 14.1. The standard InChI is InChI=1S/C29H34ClF3N2O5/c1-34(2)25(36)23-8-7-22(18-24(23)30)40-20-9-11-27(12-10-20)13-15-35(16-14-27)26(37)28(38,29(31,32)33)19-5-4-6-21(17-19)39-3/h4-8,17-18,20,38H,9-16H2,1-3H3. The van der Waals surface area contributed by atoms with Crippen molar-refractivity contribution in [1.29, 1.82) is 0 Å². The van der Waals surface area contributed by atoms with Crippen LogP contribution in [0.25, 0.3) is 0 Å². The molecule has 1 saturated carbocycles. The monoisotopic (exact) mass is 582 g/mol. The molecule has 2 aromatic carbocycles. The summed E-state index contributed by atoms with van der Waals surface area (Å²) < 4.78 is 53.6. The minimum absolute atomic E-state index is 0.0554. The third-order valence-electron chi connectivity index (χ3n) is 8.19. The van der Waals surface area contributed by atoms with Crippen LogP contribution in [0.15, 0.2) is 42.5 Å². The molecule has 2 aliphatic rings. The van der Waals surface area contributed by atoms with Crippen molar-refractivity contribution < 1.29 is 37.3 Å². The van der Waals surface area contributed by atoms with Crippen LogP contribution in [-0.4, -0.2) is 73.3 Å². The van der Waals surface area contributed by atoms with E-state index < -0.39 is 23.2 Å². The third-order valence-corrected chi connectivity index (χ3v) is 8.50. The van der Waals surface area contributed by atoms with Crippen LogP contribution in [0.4, 0.5) is 13.2 Å². The van der Waals surface area contributed by atoms with Gasteiger partial charge in [-0.05, 0) is 74.3 Å². The quantitative estimate of drug-likeness (QED) is 0.491. The maximum absolute atomic E-state index is 14.1. The Bertz CT molecular complexity index is 1240. The van der Waals surface area contributed by atoms with Crippen LogP contribution in [0.5, 0.6) is 11.5 Å². The molecule has 2 fully saturated rings. The molecule has 1 atom stereocenters. The van der Waals surface area contributed by atoms with Crippen LogP contribution >= 0.6 is 11.6 Å². The molecule has 1 heterocycles. The predicted octanol–water partition coefficient (Wildman–Crippen LogP) is 5.43. The summed E-state index contributed by atoms with van der Waals surface area (Å²) in [5.41, 5.74) is -3.93. The summed E-state index contributed by atoms with van der Waals surface area (Å²) in [5.74, 6) is -0.873. The first-order chi connectivity index (χ1) is 18.8. The molecule has 1 spiro atoms. The zero-order chi connectivity index (χ0) is 29.3. The number of hydrogen-bond donors (Lipinski definition) is 1. The van der Waals surface area contributed by atoms with Gasteiger partial charge in [-0.2, -0.15) is 13.2 Å². The third kappa shape index (κ3) is 5.88. The van der Waals surface area contributed by atoms with Gasteiger partial charge in [-0.15, -0.1) is 0 Å². The van der Waals surface area contributed by atoms with E-state index in [-0.39, 0.29) is 36.3 Å². The van der Waals surface area contributed by atoms with Crippen LogP contribution in [0.2, 0.25) is 5.02 Å². The van der Waals surface area contributed by atoms with Crippen molar-refractivity contribution in [2.75, 3.05) is 34.3 Å². The number of amides is 2. The second-order valence-corrected chi connectivity index (χ2v) is 11.3. The summed E-state index contributed by atoms with van der Waals surface area (Å²) in [5, 5.41) is 11.1. The summed E-state index contributed by atoms with van der Waals surface area (Å²) in [6, 6.07) is 9.89. The van der Waals surface area contributed by atoms with Gasteiger partial charge in [-0.1, -0.05) is 23.7 Å². The van der Waals surface area contributed by atoms with E-state index in [1.54, 1.807) is 32.3 Å². The number of methoxy groups -OCH3 is 1. The Morgan fingerprint density at radius 1 is 1.02 bits per heavy atom. The first-order valence-electron chi connectivity index (χ1n) is 13.2. The fourth-order valence-electron chi connectivity index (χ4n) is 5.67. The number of ether oxygens (including phenoxy) is 2. The summed E-state index contributed by atoms with van der Waals surface area (Å²) >= 11 is 6.30. The second kappa shape index (κ2) is 11.5. The molecule has 1 N–H and O–H groups in total. The van der Waals surface area contributed by atoms with E-state index in [1.807, 2.05) is 0 Å². The molecule has 2 amide bonds. The molecule has 4 rings (SSSR count). The number of hydrogen-bond acceptors (Lipinski definition) is 5. The van der Waals surface area contributed by atoms with Gasteiger partial charge in [-0.25, -0.2) is 0 Å². The Balaban J connectivity index is 1.37. The average Bonchev–Trinajstić information content (AvgIpc) is 2.93. The van der Waals surface area contributed by atoms with Crippen LogP contribution in [0, 0.1) is 5.41 Å². The molecule has 1 saturated heterocycles. The number of aliphatic hydroxyl groups is 1. The molecule has 0 radical (unpaired) electrons. The average molecular weight is 583 g/mol. The summed E-state index contributed by atoms with van der Waals surface area (Å²) in [4.78, 5) is 28.0. The topological polar surface area (TPSA) is 79.3 Å². The van der Waals surface area contributed by atoms with E-state index in [4.69, 9.17) is 21.1 Å². The second-order valence-electron chi connectivity index (χ2n) is 10.9. The Morgan fingerprint density at radius 3 is 2.23 bits per heavy atom. The predicted molar refractivity (Wildman–Crippen MR) is 144 cm³/mol. The highest BCUT2D eigenvalue weighted by Gasteiger charge is 2.62. The van der Waals surface area contributed by atoms with Crippen LogP contribution in [0.3, 0.4) is 0 Å². The molecular formula is C29H34ClF3N2O5. The molecule has 0 bridgehead atoms. The molecule has 11 heteroatoms. The number of alkyl halides is 3. The van der Waals surface area contributed by atoms with E-state index in [1.165, 1.54) is 24.1 Å². The number of rotatable bonds is 6. The smallest absolute Gasteiger partial charge is 0.430 e. The van der Waals surface area contributed by atoms with Crippen molar-refractivity contribution in [2.24, 2.45) is 5.41 Å². The normalized spacial score (nSPS) is 19.1. The first kappa shape index (κ1) is 30.0. The molecule has 1 aliphatic heterocycles.